The highest BCUT2D eigenvalue weighted by Crippen LogP contribution is 2.30. The first-order valence-electron chi connectivity index (χ1n) is 9.36. The highest BCUT2D eigenvalue weighted by atomic mass is 32.1. The number of carbonyl (C=O) groups is 1. The molecule has 0 radical (unpaired) electrons. The average Bonchev–Trinajstić information content (AvgIpc) is 3.23. The van der Waals surface area contributed by atoms with E-state index >= 15 is 0 Å². The summed E-state index contributed by atoms with van der Waals surface area (Å²) < 4.78 is 5.89. The molecular weight excluding hydrogens is 372 g/mol. The van der Waals surface area contributed by atoms with Crippen molar-refractivity contribution in [3.8, 4) is 11.5 Å². The summed E-state index contributed by atoms with van der Waals surface area (Å²) in [5.74, 6) is 1.24. The van der Waals surface area contributed by atoms with E-state index in [1.54, 1.807) is 23.7 Å². The fourth-order valence-corrected chi connectivity index (χ4v) is 4.02. The van der Waals surface area contributed by atoms with Crippen LogP contribution in [0, 0.1) is 5.92 Å². The van der Waals surface area contributed by atoms with Gasteiger partial charge in [0.2, 0.25) is 5.91 Å². The van der Waals surface area contributed by atoms with E-state index in [1.807, 2.05) is 48.0 Å². The van der Waals surface area contributed by atoms with Crippen molar-refractivity contribution in [2.24, 2.45) is 5.92 Å². The van der Waals surface area contributed by atoms with E-state index < -0.39 is 0 Å². The molecular formula is C21H22N4O2S. The van der Waals surface area contributed by atoms with Gasteiger partial charge in [-0.25, -0.2) is 4.98 Å². The van der Waals surface area contributed by atoms with Crippen molar-refractivity contribution in [2.45, 2.75) is 19.4 Å². The van der Waals surface area contributed by atoms with Crippen molar-refractivity contribution < 1.29 is 9.53 Å². The van der Waals surface area contributed by atoms with Crippen molar-refractivity contribution >= 4 is 22.9 Å². The molecule has 7 heteroatoms. The molecule has 0 bridgehead atoms. The molecule has 1 aliphatic rings. The molecule has 1 N–H and O–H groups in total. The van der Waals surface area contributed by atoms with E-state index in [0.29, 0.717) is 17.2 Å². The van der Waals surface area contributed by atoms with Gasteiger partial charge in [-0.15, -0.1) is 11.3 Å². The van der Waals surface area contributed by atoms with Crippen LogP contribution in [0.15, 0.2) is 60.4 Å². The molecule has 3 heterocycles. The van der Waals surface area contributed by atoms with Crippen LogP contribution in [0.25, 0.3) is 0 Å². The molecule has 0 spiro atoms. The molecule has 3 aromatic rings. The number of thiazole rings is 1. The van der Waals surface area contributed by atoms with Gasteiger partial charge in [-0.1, -0.05) is 12.1 Å². The van der Waals surface area contributed by atoms with Crippen molar-refractivity contribution in [3.05, 3.63) is 65.4 Å². The molecule has 28 heavy (non-hydrogen) atoms. The molecule has 1 amide bonds. The second-order valence-electron chi connectivity index (χ2n) is 6.78. The topological polar surface area (TPSA) is 67.3 Å². The maximum Gasteiger partial charge on any atom is 0.228 e. The van der Waals surface area contributed by atoms with Gasteiger partial charge in [-0.05, 0) is 43.7 Å². The van der Waals surface area contributed by atoms with E-state index in [0.717, 1.165) is 37.5 Å². The van der Waals surface area contributed by atoms with E-state index in [1.165, 1.54) is 0 Å². The Labute approximate surface area is 168 Å². The smallest absolute Gasteiger partial charge is 0.228 e. The summed E-state index contributed by atoms with van der Waals surface area (Å²) in [5, 5.41) is 6.14. The minimum atomic E-state index is -0.0415. The van der Waals surface area contributed by atoms with Crippen LogP contribution in [0.2, 0.25) is 0 Å². The zero-order valence-electron chi connectivity index (χ0n) is 15.5. The second kappa shape index (κ2) is 8.95. The first kappa shape index (κ1) is 18.6. The number of hydrogen-bond acceptors (Lipinski definition) is 6. The Balaban J connectivity index is 1.40. The lowest BCUT2D eigenvalue weighted by Gasteiger charge is -2.31. The third-order valence-corrected chi connectivity index (χ3v) is 5.49. The van der Waals surface area contributed by atoms with Gasteiger partial charge in [-0.2, -0.15) is 0 Å². The van der Waals surface area contributed by atoms with E-state index in [9.17, 15) is 4.79 Å². The van der Waals surface area contributed by atoms with E-state index in [4.69, 9.17) is 4.74 Å². The Kier molecular flexibility index (Phi) is 5.94. The second-order valence-corrected chi connectivity index (χ2v) is 7.76. The lowest BCUT2D eigenvalue weighted by Crippen LogP contribution is -2.40. The van der Waals surface area contributed by atoms with Crippen molar-refractivity contribution in [1.82, 2.24) is 14.9 Å². The van der Waals surface area contributed by atoms with Crippen molar-refractivity contribution in [1.29, 1.82) is 0 Å². The van der Waals surface area contributed by atoms with E-state index in [-0.39, 0.29) is 11.8 Å². The SMILES string of the molecule is O=C(Nc1ccccc1Oc1cccnc1)[C@@H]1CCCN(Cc2nccs2)C1. The number of nitrogens with zero attached hydrogens (tertiary/aromatic N) is 3. The summed E-state index contributed by atoms with van der Waals surface area (Å²) in [7, 11) is 0. The number of rotatable bonds is 6. The van der Waals surface area contributed by atoms with Gasteiger partial charge in [-0.3, -0.25) is 14.7 Å². The Morgan fingerprint density at radius 3 is 3.00 bits per heavy atom. The standard InChI is InChI=1S/C21H22N4O2S/c26-21(16-5-4-11-25(14-16)15-20-23-10-12-28-20)24-18-7-1-2-8-19(18)27-17-6-3-9-22-13-17/h1-3,6-10,12-13,16H,4-5,11,14-15H2,(H,24,26)/t16-/m1/s1. The Hall–Kier alpha value is -2.77. The molecule has 2 aromatic heterocycles. The monoisotopic (exact) mass is 394 g/mol. The number of para-hydroxylation sites is 2. The van der Waals surface area contributed by atoms with Crippen LogP contribution in [0.5, 0.6) is 11.5 Å². The summed E-state index contributed by atoms with van der Waals surface area (Å²) in [6.45, 7) is 2.56. The molecule has 0 aliphatic carbocycles. The van der Waals surface area contributed by atoms with Gasteiger partial charge in [0.1, 0.15) is 10.8 Å². The minimum absolute atomic E-state index is 0.0334. The first-order chi connectivity index (χ1) is 13.8. The maximum atomic E-state index is 12.9. The summed E-state index contributed by atoms with van der Waals surface area (Å²) in [5.41, 5.74) is 0.674. The summed E-state index contributed by atoms with van der Waals surface area (Å²) in [4.78, 5) is 23.6. The van der Waals surface area contributed by atoms with Gasteiger partial charge in [0.05, 0.1) is 24.3 Å². The molecule has 1 atom stereocenters. The molecule has 0 unspecified atom stereocenters. The highest BCUT2D eigenvalue weighted by molar-refractivity contribution is 7.09. The van der Waals surface area contributed by atoms with Crippen LogP contribution in [0.1, 0.15) is 17.8 Å². The molecule has 1 saturated heterocycles. The van der Waals surface area contributed by atoms with E-state index in [2.05, 4.69) is 20.2 Å². The minimum Gasteiger partial charge on any atom is -0.454 e. The largest absolute Gasteiger partial charge is 0.454 e. The normalized spacial score (nSPS) is 17.2. The molecule has 144 valence electrons. The zero-order chi connectivity index (χ0) is 19.2. The van der Waals surface area contributed by atoms with Crippen LogP contribution in [-0.4, -0.2) is 33.9 Å². The zero-order valence-corrected chi connectivity index (χ0v) is 16.3. The van der Waals surface area contributed by atoms with Crippen LogP contribution in [0.3, 0.4) is 0 Å². The number of ether oxygens (including phenoxy) is 1. The molecule has 1 aromatic carbocycles. The summed E-state index contributed by atoms with van der Waals surface area (Å²) >= 11 is 1.66. The van der Waals surface area contributed by atoms with Gasteiger partial charge < -0.3 is 10.1 Å². The van der Waals surface area contributed by atoms with Crippen molar-refractivity contribution in [2.75, 3.05) is 18.4 Å². The number of anilines is 1. The fourth-order valence-electron chi connectivity index (χ4n) is 3.36. The first-order valence-corrected chi connectivity index (χ1v) is 10.2. The number of hydrogen-bond donors (Lipinski definition) is 1. The summed E-state index contributed by atoms with van der Waals surface area (Å²) in [6, 6.07) is 11.1. The number of benzene rings is 1. The highest BCUT2D eigenvalue weighted by Gasteiger charge is 2.26. The predicted octanol–water partition coefficient (Wildman–Crippen LogP) is 4.18. The number of nitrogens with one attached hydrogen (secondary N) is 1. The van der Waals surface area contributed by atoms with Gasteiger partial charge in [0.15, 0.2) is 5.75 Å². The van der Waals surface area contributed by atoms with Crippen LogP contribution in [-0.2, 0) is 11.3 Å². The molecule has 0 saturated carbocycles. The molecule has 1 fully saturated rings. The number of amides is 1. The predicted molar refractivity (Wildman–Crippen MR) is 109 cm³/mol. The fraction of sp³-hybridized carbons (Fsp3) is 0.286. The van der Waals surface area contributed by atoms with Crippen LogP contribution in [0.4, 0.5) is 5.69 Å². The lowest BCUT2D eigenvalue weighted by molar-refractivity contribution is -0.121. The van der Waals surface area contributed by atoms with Crippen molar-refractivity contribution in [3.63, 3.8) is 0 Å². The maximum absolute atomic E-state index is 12.9. The Morgan fingerprint density at radius 2 is 2.18 bits per heavy atom. The molecule has 6 nitrogen and oxygen atoms in total. The Morgan fingerprint density at radius 1 is 1.25 bits per heavy atom. The third-order valence-electron chi connectivity index (χ3n) is 4.73. The summed E-state index contributed by atoms with van der Waals surface area (Å²) in [6.07, 6.45) is 7.08. The number of pyridine rings is 1. The number of aromatic nitrogens is 2. The molecule has 4 rings (SSSR count). The number of likely N-dealkylation sites (tertiary alicyclic amines) is 1. The van der Waals surface area contributed by atoms with Crippen LogP contribution >= 0.6 is 11.3 Å². The lowest BCUT2D eigenvalue weighted by atomic mass is 9.97. The van der Waals surface area contributed by atoms with Gasteiger partial charge in [0.25, 0.3) is 0 Å². The van der Waals surface area contributed by atoms with Gasteiger partial charge in [0, 0.05) is 24.3 Å². The third kappa shape index (κ3) is 4.74. The quantitative estimate of drug-likeness (QED) is 0.679. The Bertz CT molecular complexity index is 902. The average molecular weight is 395 g/mol. The molecule has 1 aliphatic heterocycles. The van der Waals surface area contributed by atoms with Gasteiger partial charge >= 0.3 is 0 Å². The van der Waals surface area contributed by atoms with Crippen LogP contribution < -0.4 is 10.1 Å². The number of piperidine rings is 1. The number of carbonyl (C=O) groups excluding carboxylic acids is 1.